The van der Waals surface area contributed by atoms with Gasteiger partial charge in [0.1, 0.15) is 0 Å². The van der Waals surface area contributed by atoms with Crippen molar-refractivity contribution in [2.24, 2.45) is 0 Å². The largest absolute Gasteiger partial charge is 0.389 e. The number of nitrogens with zero attached hydrogens (tertiary/aromatic N) is 1. The highest BCUT2D eigenvalue weighted by molar-refractivity contribution is 5.14. The molecule has 0 heterocycles. The van der Waals surface area contributed by atoms with Gasteiger partial charge in [-0.1, -0.05) is 37.3 Å². The number of hydrogen-bond acceptors (Lipinski definition) is 3. The van der Waals surface area contributed by atoms with E-state index in [0.717, 1.165) is 19.5 Å². The second-order valence-electron chi connectivity index (χ2n) is 5.26. The fourth-order valence-electron chi connectivity index (χ4n) is 2.05. The van der Waals surface area contributed by atoms with E-state index in [0.29, 0.717) is 13.2 Å². The molecule has 1 rings (SSSR count). The first-order valence-electron chi connectivity index (χ1n) is 7.17. The van der Waals surface area contributed by atoms with E-state index >= 15 is 0 Å². The molecular formula is C16H27NO2. The van der Waals surface area contributed by atoms with Crippen LogP contribution in [-0.4, -0.2) is 41.9 Å². The summed E-state index contributed by atoms with van der Waals surface area (Å²) in [5, 5.41) is 10.0. The van der Waals surface area contributed by atoms with Gasteiger partial charge in [0.15, 0.2) is 0 Å². The van der Waals surface area contributed by atoms with Gasteiger partial charge in [0, 0.05) is 13.1 Å². The van der Waals surface area contributed by atoms with Gasteiger partial charge in [0.05, 0.1) is 18.8 Å². The molecule has 0 radical (unpaired) electrons. The van der Waals surface area contributed by atoms with E-state index in [2.05, 4.69) is 36.1 Å². The molecule has 108 valence electrons. The van der Waals surface area contributed by atoms with Crippen LogP contribution in [0.4, 0.5) is 0 Å². The maximum atomic E-state index is 10.0. The van der Waals surface area contributed by atoms with Crippen molar-refractivity contribution < 1.29 is 9.84 Å². The smallest absolute Gasteiger partial charge is 0.0900 e. The normalized spacial score (nSPS) is 13.2. The van der Waals surface area contributed by atoms with Gasteiger partial charge in [0.2, 0.25) is 0 Å². The standard InChI is InChI=1S/C16H27NO2/c1-4-10-17(11-15-8-6-5-7-9-15)12-16(18)13-19-14(2)3/h5-9,14,16,18H,4,10-13H2,1-3H3. The van der Waals surface area contributed by atoms with E-state index in [4.69, 9.17) is 4.74 Å². The first-order chi connectivity index (χ1) is 9.11. The number of aliphatic hydroxyl groups is 1. The first kappa shape index (κ1) is 16.2. The molecule has 1 N–H and O–H groups in total. The van der Waals surface area contributed by atoms with Crippen LogP contribution in [0, 0.1) is 0 Å². The van der Waals surface area contributed by atoms with Crippen LogP contribution in [0.5, 0.6) is 0 Å². The van der Waals surface area contributed by atoms with Crippen LogP contribution < -0.4 is 0 Å². The van der Waals surface area contributed by atoms with Crippen LogP contribution in [-0.2, 0) is 11.3 Å². The van der Waals surface area contributed by atoms with Crippen LogP contribution in [0.1, 0.15) is 32.8 Å². The summed E-state index contributed by atoms with van der Waals surface area (Å²) in [5.41, 5.74) is 1.29. The second kappa shape index (κ2) is 9.08. The summed E-state index contributed by atoms with van der Waals surface area (Å²) in [4.78, 5) is 2.28. The maximum Gasteiger partial charge on any atom is 0.0900 e. The summed E-state index contributed by atoms with van der Waals surface area (Å²) in [6.07, 6.45) is 0.839. The van der Waals surface area contributed by atoms with Crippen LogP contribution in [0.15, 0.2) is 30.3 Å². The molecule has 0 spiro atoms. The maximum absolute atomic E-state index is 10.0. The first-order valence-corrected chi connectivity index (χ1v) is 7.17. The lowest BCUT2D eigenvalue weighted by Crippen LogP contribution is -2.35. The summed E-state index contributed by atoms with van der Waals surface area (Å²) in [5.74, 6) is 0. The molecule has 0 aliphatic rings. The molecule has 0 fully saturated rings. The van der Waals surface area contributed by atoms with Gasteiger partial charge in [-0.2, -0.15) is 0 Å². The van der Waals surface area contributed by atoms with Gasteiger partial charge < -0.3 is 9.84 Å². The Labute approximate surface area is 117 Å². The summed E-state index contributed by atoms with van der Waals surface area (Å²) >= 11 is 0. The molecule has 0 saturated carbocycles. The molecule has 3 heteroatoms. The quantitative estimate of drug-likeness (QED) is 0.745. The average Bonchev–Trinajstić information content (AvgIpc) is 2.38. The molecule has 1 aromatic rings. The summed E-state index contributed by atoms with van der Waals surface area (Å²) in [6.45, 7) is 9.08. The predicted molar refractivity (Wildman–Crippen MR) is 79.1 cm³/mol. The Morgan fingerprint density at radius 1 is 1.21 bits per heavy atom. The zero-order valence-corrected chi connectivity index (χ0v) is 12.4. The third kappa shape index (κ3) is 7.31. The van der Waals surface area contributed by atoms with Gasteiger partial charge >= 0.3 is 0 Å². The Bertz CT molecular complexity index is 327. The molecule has 0 aliphatic heterocycles. The van der Waals surface area contributed by atoms with E-state index in [1.54, 1.807) is 0 Å². The highest BCUT2D eigenvalue weighted by Crippen LogP contribution is 2.06. The fourth-order valence-corrected chi connectivity index (χ4v) is 2.05. The van der Waals surface area contributed by atoms with Crippen molar-refractivity contribution in [3.63, 3.8) is 0 Å². The topological polar surface area (TPSA) is 32.7 Å². The molecule has 0 aromatic heterocycles. The zero-order valence-electron chi connectivity index (χ0n) is 12.4. The predicted octanol–water partition coefficient (Wildman–Crippen LogP) is 2.68. The van der Waals surface area contributed by atoms with Gasteiger partial charge in [-0.05, 0) is 32.4 Å². The summed E-state index contributed by atoms with van der Waals surface area (Å²) in [6, 6.07) is 10.4. The lowest BCUT2D eigenvalue weighted by Gasteiger charge is -2.25. The number of ether oxygens (including phenoxy) is 1. The highest BCUT2D eigenvalue weighted by atomic mass is 16.5. The molecular weight excluding hydrogens is 238 g/mol. The van der Waals surface area contributed by atoms with E-state index in [1.165, 1.54) is 5.56 Å². The van der Waals surface area contributed by atoms with Crippen molar-refractivity contribution in [3.8, 4) is 0 Å². The van der Waals surface area contributed by atoms with Gasteiger partial charge in [-0.25, -0.2) is 0 Å². The Hall–Kier alpha value is -0.900. The number of benzene rings is 1. The van der Waals surface area contributed by atoms with Crippen LogP contribution in [0.3, 0.4) is 0 Å². The Kier molecular flexibility index (Phi) is 7.72. The Morgan fingerprint density at radius 2 is 1.89 bits per heavy atom. The average molecular weight is 265 g/mol. The zero-order chi connectivity index (χ0) is 14.1. The lowest BCUT2D eigenvalue weighted by atomic mass is 10.2. The monoisotopic (exact) mass is 265 g/mol. The third-order valence-electron chi connectivity index (χ3n) is 2.88. The van der Waals surface area contributed by atoms with E-state index in [9.17, 15) is 5.11 Å². The Morgan fingerprint density at radius 3 is 2.47 bits per heavy atom. The van der Waals surface area contributed by atoms with Crippen molar-refractivity contribution in [2.75, 3.05) is 19.7 Å². The molecule has 0 aliphatic carbocycles. The molecule has 0 saturated heterocycles. The van der Waals surface area contributed by atoms with E-state index < -0.39 is 6.10 Å². The van der Waals surface area contributed by atoms with Crippen LogP contribution >= 0.6 is 0 Å². The van der Waals surface area contributed by atoms with Crippen molar-refractivity contribution >= 4 is 0 Å². The molecule has 0 amide bonds. The van der Waals surface area contributed by atoms with Crippen LogP contribution in [0.2, 0.25) is 0 Å². The lowest BCUT2D eigenvalue weighted by molar-refractivity contribution is -0.00949. The summed E-state index contributed by atoms with van der Waals surface area (Å²) < 4.78 is 5.46. The molecule has 3 nitrogen and oxygen atoms in total. The van der Waals surface area contributed by atoms with Crippen molar-refractivity contribution in [1.82, 2.24) is 4.90 Å². The molecule has 1 aromatic carbocycles. The van der Waals surface area contributed by atoms with Crippen molar-refractivity contribution in [1.29, 1.82) is 0 Å². The Balaban J connectivity index is 2.43. The van der Waals surface area contributed by atoms with Gasteiger partial charge in [-0.15, -0.1) is 0 Å². The summed E-state index contributed by atoms with van der Waals surface area (Å²) in [7, 11) is 0. The minimum Gasteiger partial charge on any atom is -0.389 e. The van der Waals surface area contributed by atoms with Crippen molar-refractivity contribution in [2.45, 2.75) is 45.9 Å². The number of hydrogen-bond donors (Lipinski definition) is 1. The fraction of sp³-hybridized carbons (Fsp3) is 0.625. The number of aliphatic hydroxyl groups excluding tert-OH is 1. The SMILES string of the molecule is CCCN(Cc1ccccc1)CC(O)COC(C)C. The van der Waals surface area contributed by atoms with Gasteiger partial charge in [-0.3, -0.25) is 4.90 Å². The molecule has 1 unspecified atom stereocenters. The molecule has 0 bridgehead atoms. The second-order valence-corrected chi connectivity index (χ2v) is 5.26. The molecule has 19 heavy (non-hydrogen) atoms. The third-order valence-corrected chi connectivity index (χ3v) is 2.88. The number of rotatable bonds is 9. The molecule has 1 atom stereocenters. The highest BCUT2D eigenvalue weighted by Gasteiger charge is 2.12. The van der Waals surface area contributed by atoms with E-state index in [1.807, 2.05) is 19.9 Å². The van der Waals surface area contributed by atoms with E-state index in [-0.39, 0.29) is 6.10 Å². The van der Waals surface area contributed by atoms with Gasteiger partial charge in [0.25, 0.3) is 0 Å². The van der Waals surface area contributed by atoms with Crippen molar-refractivity contribution in [3.05, 3.63) is 35.9 Å². The minimum atomic E-state index is -0.419. The van der Waals surface area contributed by atoms with Crippen LogP contribution in [0.25, 0.3) is 0 Å². The minimum absolute atomic E-state index is 0.170.